The minimum atomic E-state index is 0.130. The van der Waals surface area contributed by atoms with E-state index < -0.39 is 0 Å². The molecular weight excluding hydrogens is 460 g/mol. The maximum Gasteiger partial charge on any atom is 0.0286 e. The largest absolute Gasteiger partial charge is 0.0876 e. The fraction of sp³-hybridized carbons (Fsp3) is 0.520. The molecule has 0 saturated carbocycles. The van der Waals surface area contributed by atoms with Crippen LogP contribution in [0.25, 0.3) is 0 Å². The minimum absolute atomic E-state index is 0.130. The van der Waals surface area contributed by atoms with Gasteiger partial charge in [0.2, 0.25) is 0 Å². The first kappa shape index (κ1) is 19.7. The Morgan fingerprint density at radius 1 is 0.704 bits per heavy atom. The Bertz CT molecular complexity index is 856. The van der Waals surface area contributed by atoms with Crippen LogP contribution in [0.15, 0.2) is 24.3 Å². The van der Waals surface area contributed by atoms with E-state index in [0.717, 1.165) is 10.7 Å². The van der Waals surface area contributed by atoms with Crippen molar-refractivity contribution in [1.29, 1.82) is 0 Å². The molecule has 0 N–H and O–H groups in total. The van der Waals surface area contributed by atoms with Gasteiger partial charge in [0.25, 0.3) is 0 Å². The average Bonchev–Trinajstić information content (AvgIpc) is 2.93. The van der Waals surface area contributed by atoms with Gasteiger partial charge in [0.05, 0.1) is 0 Å². The van der Waals surface area contributed by atoms with Crippen molar-refractivity contribution in [3.8, 4) is 0 Å². The Kier molecular flexibility index (Phi) is 4.52. The summed E-state index contributed by atoms with van der Waals surface area (Å²) in [5.41, 5.74) is 12.6. The summed E-state index contributed by atoms with van der Waals surface area (Å²) in [5.74, 6) is 0. The predicted molar refractivity (Wildman–Crippen MR) is 124 cm³/mol. The fourth-order valence-electron chi connectivity index (χ4n) is 6.37. The minimum Gasteiger partial charge on any atom is -0.0876 e. The molecule has 0 bridgehead atoms. The Hall–Kier alpha value is -0.600. The van der Waals surface area contributed by atoms with Crippen LogP contribution in [-0.4, -0.2) is 0 Å². The Labute approximate surface area is 181 Å². The normalized spacial score (nSPS) is 20.7. The van der Waals surface area contributed by atoms with Crippen LogP contribution in [0.3, 0.4) is 0 Å². The molecule has 0 nitrogen and oxygen atoms in total. The van der Waals surface area contributed by atoms with E-state index in [4.69, 9.17) is 0 Å². The lowest BCUT2D eigenvalue weighted by atomic mass is 9.70. The number of benzene rings is 2. The molecular formula is C25H30Br2. The highest BCUT2D eigenvalue weighted by Gasteiger charge is 2.57. The van der Waals surface area contributed by atoms with Gasteiger partial charge in [0.1, 0.15) is 0 Å². The van der Waals surface area contributed by atoms with Gasteiger partial charge in [-0.25, -0.2) is 0 Å². The zero-order valence-electron chi connectivity index (χ0n) is 17.4. The fourth-order valence-corrected chi connectivity index (χ4v) is 7.26. The summed E-state index contributed by atoms with van der Waals surface area (Å²) in [6, 6.07) is 9.74. The first-order valence-electron chi connectivity index (χ1n) is 9.97. The van der Waals surface area contributed by atoms with Crippen LogP contribution in [0.2, 0.25) is 0 Å². The first-order valence-corrected chi connectivity index (χ1v) is 12.2. The Morgan fingerprint density at radius 3 is 1.41 bits per heavy atom. The van der Waals surface area contributed by atoms with Crippen LogP contribution in [0.5, 0.6) is 0 Å². The van der Waals surface area contributed by atoms with Crippen LogP contribution < -0.4 is 0 Å². The van der Waals surface area contributed by atoms with Gasteiger partial charge >= 0.3 is 0 Å². The molecule has 0 aromatic heterocycles. The molecule has 2 aliphatic carbocycles. The summed E-state index contributed by atoms with van der Waals surface area (Å²) in [6.07, 6.45) is 2.41. The molecule has 2 aromatic carbocycles. The van der Waals surface area contributed by atoms with E-state index in [2.05, 4.69) is 97.7 Å². The van der Waals surface area contributed by atoms with Crippen molar-refractivity contribution in [1.82, 2.24) is 0 Å². The van der Waals surface area contributed by atoms with Crippen LogP contribution in [0, 0.1) is 13.8 Å². The van der Waals surface area contributed by atoms with E-state index in [1.165, 1.54) is 35.1 Å². The lowest BCUT2D eigenvalue weighted by Crippen LogP contribution is -2.28. The van der Waals surface area contributed by atoms with E-state index in [-0.39, 0.29) is 16.2 Å². The molecule has 0 aliphatic heterocycles. The van der Waals surface area contributed by atoms with Crippen molar-refractivity contribution in [2.75, 3.05) is 0 Å². The molecule has 27 heavy (non-hydrogen) atoms. The van der Waals surface area contributed by atoms with E-state index >= 15 is 0 Å². The number of fused-ring (bicyclic) bond motifs is 4. The molecule has 2 aliphatic rings. The summed E-state index contributed by atoms with van der Waals surface area (Å²) in [7, 11) is 0. The van der Waals surface area contributed by atoms with Crippen molar-refractivity contribution in [3.63, 3.8) is 0 Å². The van der Waals surface area contributed by atoms with Gasteiger partial charge in [-0.15, -0.1) is 0 Å². The van der Waals surface area contributed by atoms with Gasteiger partial charge in [-0.05, 0) is 70.9 Å². The predicted octanol–water partition coefficient (Wildman–Crippen LogP) is 7.74. The van der Waals surface area contributed by atoms with Crippen LogP contribution >= 0.6 is 31.9 Å². The summed E-state index contributed by atoms with van der Waals surface area (Å²) in [4.78, 5) is 0. The van der Waals surface area contributed by atoms with Crippen molar-refractivity contribution in [3.05, 3.63) is 68.8 Å². The van der Waals surface area contributed by atoms with E-state index in [9.17, 15) is 0 Å². The third kappa shape index (κ3) is 2.73. The number of halogens is 2. The maximum atomic E-state index is 3.82. The first-order chi connectivity index (χ1) is 12.6. The maximum absolute atomic E-state index is 3.82. The zero-order valence-corrected chi connectivity index (χ0v) is 20.6. The summed E-state index contributed by atoms with van der Waals surface area (Å²) < 4.78 is 0. The van der Waals surface area contributed by atoms with Crippen molar-refractivity contribution in [2.45, 2.75) is 81.3 Å². The molecule has 0 radical (unpaired) electrons. The molecule has 0 saturated heterocycles. The molecule has 0 heterocycles. The monoisotopic (exact) mass is 488 g/mol. The number of hydrogen-bond acceptors (Lipinski definition) is 0. The summed E-state index contributed by atoms with van der Waals surface area (Å²) in [5, 5.41) is 1.86. The quantitative estimate of drug-likeness (QED) is 0.378. The second kappa shape index (κ2) is 6.20. The number of rotatable bonds is 2. The highest BCUT2D eigenvalue weighted by Crippen LogP contribution is 2.64. The van der Waals surface area contributed by atoms with Gasteiger partial charge in [-0.3, -0.25) is 0 Å². The van der Waals surface area contributed by atoms with Crippen LogP contribution in [0.4, 0.5) is 0 Å². The van der Waals surface area contributed by atoms with Gasteiger partial charge in [0, 0.05) is 16.1 Å². The lowest BCUT2D eigenvalue weighted by molar-refractivity contribution is 0.348. The highest BCUT2D eigenvalue weighted by molar-refractivity contribution is 9.08. The topological polar surface area (TPSA) is 0 Å². The second-order valence-corrected chi connectivity index (χ2v) is 11.3. The molecule has 0 atom stereocenters. The molecule has 2 heteroatoms. The standard InChI is InChI=1S/C25H30Br2/c1-15-7-17(11-26)21-19(9-15)23(3,4)13-25(21)14-24(5,6)20-10-16(2)8-18(12-27)22(20)25/h7-10H,11-14H2,1-6H3. The van der Waals surface area contributed by atoms with Crippen molar-refractivity contribution < 1.29 is 0 Å². The smallest absolute Gasteiger partial charge is 0.0286 e. The molecule has 2 aromatic rings. The average molecular weight is 490 g/mol. The van der Waals surface area contributed by atoms with E-state index in [0.29, 0.717) is 0 Å². The Balaban J connectivity index is 2.13. The molecule has 0 amide bonds. The van der Waals surface area contributed by atoms with Gasteiger partial charge < -0.3 is 0 Å². The van der Waals surface area contributed by atoms with Gasteiger partial charge in [-0.1, -0.05) is 94.9 Å². The van der Waals surface area contributed by atoms with E-state index in [1.54, 1.807) is 22.3 Å². The van der Waals surface area contributed by atoms with Gasteiger partial charge in [0.15, 0.2) is 0 Å². The molecule has 4 rings (SSSR count). The molecule has 1 spiro atoms. The zero-order chi connectivity index (χ0) is 19.8. The lowest BCUT2D eigenvalue weighted by Gasteiger charge is -2.33. The van der Waals surface area contributed by atoms with Crippen molar-refractivity contribution >= 4 is 31.9 Å². The molecule has 0 fully saturated rings. The summed E-state index contributed by atoms with van der Waals surface area (Å²) >= 11 is 7.64. The molecule has 144 valence electrons. The van der Waals surface area contributed by atoms with Crippen molar-refractivity contribution in [2.24, 2.45) is 0 Å². The molecule has 0 unspecified atom stereocenters. The number of aryl methyl sites for hydroxylation is 2. The van der Waals surface area contributed by atoms with Gasteiger partial charge in [-0.2, -0.15) is 0 Å². The third-order valence-corrected chi connectivity index (χ3v) is 8.13. The SMILES string of the molecule is Cc1cc(CBr)c2c(c1)C(C)(C)CC21CC(C)(C)c2cc(C)cc(CBr)c21. The summed E-state index contributed by atoms with van der Waals surface area (Å²) in [6.45, 7) is 14.3. The second-order valence-electron chi connectivity index (χ2n) is 10.2. The van der Waals surface area contributed by atoms with Crippen LogP contribution in [0.1, 0.15) is 85.0 Å². The third-order valence-electron chi connectivity index (χ3n) is 6.92. The number of hydrogen-bond donors (Lipinski definition) is 0. The highest BCUT2D eigenvalue weighted by atomic mass is 79.9. The van der Waals surface area contributed by atoms with E-state index in [1.807, 2.05) is 0 Å². The number of alkyl halides is 2. The Morgan fingerprint density at radius 2 is 1.07 bits per heavy atom. The van der Waals surface area contributed by atoms with Crippen LogP contribution in [-0.2, 0) is 26.9 Å².